The third kappa shape index (κ3) is 1.61. The Kier molecular flexibility index (Phi) is 2.32. The summed E-state index contributed by atoms with van der Waals surface area (Å²) in [5.41, 5.74) is 9.13. The van der Waals surface area contributed by atoms with Crippen molar-refractivity contribution in [1.82, 2.24) is 0 Å². The Bertz CT molecular complexity index is 329. The van der Waals surface area contributed by atoms with Crippen LogP contribution in [-0.2, 0) is 4.74 Å². The summed E-state index contributed by atoms with van der Waals surface area (Å²) in [6, 6.07) is 0.223. The Hall–Kier alpha value is -0.760. The molecule has 0 bridgehead atoms. The average molecular weight is 205 g/mol. The van der Waals surface area contributed by atoms with Gasteiger partial charge in [-0.1, -0.05) is 6.08 Å². The van der Waals surface area contributed by atoms with E-state index in [0.717, 1.165) is 25.7 Å². The Morgan fingerprint density at radius 2 is 2.13 bits per heavy atom. The first-order valence-electron chi connectivity index (χ1n) is 6.16. The van der Waals surface area contributed by atoms with Gasteiger partial charge in [0.25, 0.3) is 0 Å². The highest BCUT2D eigenvalue weighted by molar-refractivity contribution is 5.30. The smallest absolute Gasteiger partial charge is 0.135 e. The maximum absolute atomic E-state index is 6.12. The number of ether oxygens (including phenoxy) is 1. The molecule has 0 aromatic carbocycles. The Balaban J connectivity index is 1.89. The number of hydrogen-bond donors (Lipinski definition) is 1. The molecule has 82 valence electrons. The summed E-state index contributed by atoms with van der Waals surface area (Å²) in [5.74, 6) is 1.28. The first kappa shape index (κ1) is 9.46. The molecule has 3 rings (SSSR count). The molecule has 0 amide bonds. The zero-order valence-corrected chi connectivity index (χ0v) is 9.17. The van der Waals surface area contributed by atoms with Crippen LogP contribution in [0, 0.1) is 0 Å². The summed E-state index contributed by atoms with van der Waals surface area (Å²) in [4.78, 5) is 0. The number of hydrogen-bond acceptors (Lipinski definition) is 2. The van der Waals surface area contributed by atoms with Crippen LogP contribution in [0.15, 0.2) is 23.0 Å². The van der Waals surface area contributed by atoms with Gasteiger partial charge in [-0.25, -0.2) is 0 Å². The summed E-state index contributed by atoms with van der Waals surface area (Å²) < 4.78 is 6.09. The van der Waals surface area contributed by atoms with E-state index in [9.17, 15) is 0 Å². The van der Waals surface area contributed by atoms with Gasteiger partial charge in [-0.05, 0) is 49.7 Å². The van der Waals surface area contributed by atoms with Crippen LogP contribution in [0.4, 0.5) is 0 Å². The van der Waals surface area contributed by atoms with Crippen LogP contribution in [0.2, 0.25) is 0 Å². The van der Waals surface area contributed by atoms with Crippen molar-refractivity contribution in [2.24, 2.45) is 5.73 Å². The van der Waals surface area contributed by atoms with Crippen molar-refractivity contribution in [1.29, 1.82) is 0 Å². The number of nitrogens with two attached hydrogens (primary N) is 1. The van der Waals surface area contributed by atoms with Crippen molar-refractivity contribution >= 4 is 0 Å². The van der Waals surface area contributed by atoms with E-state index in [-0.39, 0.29) is 12.1 Å². The molecule has 2 unspecified atom stereocenters. The lowest BCUT2D eigenvalue weighted by molar-refractivity contribution is 0.0870. The van der Waals surface area contributed by atoms with Crippen LogP contribution in [0.25, 0.3) is 0 Å². The molecule has 2 heteroatoms. The standard InChI is InChI=1S/C13H19NO/c14-11-6-3-5-10-8-9-4-1-2-7-12(9)15-13(10)11/h5,11,13H,1-4,6-8,14H2. The zero-order chi connectivity index (χ0) is 10.3. The molecule has 15 heavy (non-hydrogen) atoms. The van der Waals surface area contributed by atoms with Gasteiger partial charge in [0, 0.05) is 12.5 Å². The predicted molar refractivity (Wildman–Crippen MR) is 60.3 cm³/mol. The largest absolute Gasteiger partial charge is 0.489 e. The second-order valence-electron chi connectivity index (χ2n) is 4.97. The highest BCUT2D eigenvalue weighted by Gasteiger charge is 2.33. The molecule has 2 N–H and O–H groups in total. The van der Waals surface area contributed by atoms with Gasteiger partial charge in [-0.15, -0.1) is 0 Å². The van der Waals surface area contributed by atoms with E-state index in [1.165, 1.54) is 30.6 Å². The first-order valence-corrected chi connectivity index (χ1v) is 6.16. The normalized spacial score (nSPS) is 35.1. The summed E-state index contributed by atoms with van der Waals surface area (Å²) in [6.07, 6.45) is 10.9. The van der Waals surface area contributed by atoms with E-state index < -0.39 is 0 Å². The van der Waals surface area contributed by atoms with Crippen LogP contribution in [0.1, 0.15) is 44.9 Å². The third-order valence-electron chi connectivity index (χ3n) is 3.87. The molecule has 2 atom stereocenters. The van der Waals surface area contributed by atoms with Crippen molar-refractivity contribution in [3.8, 4) is 0 Å². The fourth-order valence-electron chi connectivity index (χ4n) is 3.01. The molecule has 3 aliphatic rings. The van der Waals surface area contributed by atoms with Crippen LogP contribution >= 0.6 is 0 Å². The van der Waals surface area contributed by atoms with Crippen molar-refractivity contribution in [2.45, 2.75) is 57.1 Å². The van der Waals surface area contributed by atoms with E-state index in [2.05, 4.69) is 6.08 Å². The number of rotatable bonds is 0. The highest BCUT2D eigenvalue weighted by atomic mass is 16.5. The molecular formula is C13H19NO. The molecule has 2 aliphatic carbocycles. The lowest BCUT2D eigenvalue weighted by atomic mass is 9.82. The Morgan fingerprint density at radius 1 is 1.27 bits per heavy atom. The first-order chi connectivity index (χ1) is 7.34. The Morgan fingerprint density at radius 3 is 3.07 bits per heavy atom. The monoisotopic (exact) mass is 205 g/mol. The summed E-state index contributed by atoms with van der Waals surface area (Å²) in [5, 5.41) is 0. The molecule has 0 aromatic rings. The van der Waals surface area contributed by atoms with E-state index >= 15 is 0 Å². The number of fused-ring (bicyclic) bond motifs is 1. The fourth-order valence-corrected chi connectivity index (χ4v) is 3.01. The predicted octanol–water partition coefficient (Wildman–Crippen LogP) is 2.65. The molecule has 0 spiro atoms. The molecule has 2 nitrogen and oxygen atoms in total. The van der Waals surface area contributed by atoms with Crippen LogP contribution < -0.4 is 5.73 Å². The molecule has 0 fully saturated rings. The molecule has 1 aliphatic heterocycles. The minimum atomic E-state index is 0.204. The molecular weight excluding hydrogens is 186 g/mol. The Labute approximate surface area is 91.2 Å². The average Bonchev–Trinajstić information content (AvgIpc) is 2.27. The van der Waals surface area contributed by atoms with Gasteiger partial charge in [-0.2, -0.15) is 0 Å². The van der Waals surface area contributed by atoms with Crippen molar-refractivity contribution in [3.05, 3.63) is 23.0 Å². The van der Waals surface area contributed by atoms with Gasteiger partial charge in [0.2, 0.25) is 0 Å². The van der Waals surface area contributed by atoms with Gasteiger partial charge in [0.1, 0.15) is 6.10 Å². The highest BCUT2D eigenvalue weighted by Crippen LogP contribution is 2.39. The third-order valence-corrected chi connectivity index (χ3v) is 3.87. The fraction of sp³-hybridized carbons (Fsp3) is 0.692. The SMILES string of the molecule is NC1CCC=C2CC3=C(CCCC3)OC21. The molecule has 1 heterocycles. The van der Waals surface area contributed by atoms with Gasteiger partial charge in [0.05, 0.1) is 5.76 Å². The lowest BCUT2D eigenvalue weighted by Crippen LogP contribution is -2.42. The van der Waals surface area contributed by atoms with Gasteiger partial charge >= 0.3 is 0 Å². The van der Waals surface area contributed by atoms with Crippen LogP contribution in [0.3, 0.4) is 0 Å². The van der Waals surface area contributed by atoms with Gasteiger partial charge in [0.15, 0.2) is 0 Å². The summed E-state index contributed by atoms with van der Waals surface area (Å²) >= 11 is 0. The van der Waals surface area contributed by atoms with E-state index in [0.29, 0.717) is 0 Å². The second kappa shape index (κ2) is 3.67. The molecule has 0 saturated carbocycles. The minimum absolute atomic E-state index is 0.204. The quantitative estimate of drug-likeness (QED) is 0.617. The van der Waals surface area contributed by atoms with Crippen molar-refractivity contribution in [3.63, 3.8) is 0 Å². The van der Waals surface area contributed by atoms with E-state index in [1.54, 1.807) is 5.57 Å². The van der Waals surface area contributed by atoms with Crippen LogP contribution in [-0.4, -0.2) is 12.1 Å². The zero-order valence-electron chi connectivity index (χ0n) is 9.17. The van der Waals surface area contributed by atoms with Crippen LogP contribution in [0.5, 0.6) is 0 Å². The van der Waals surface area contributed by atoms with Gasteiger partial charge in [-0.3, -0.25) is 0 Å². The lowest BCUT2D eigenvalue weighted by Gasteiger charge is -2.38. The molecule has 0 aromatic heterocycles. The van der Waals surface area contributed by atoms with E-state index in [4.69, 9.17) is 10.5 Å². The molecule has 0 radical (unpaired) electrons. The molecule has 0 saturated heterocycles. The van der Waals surface area contributed by atoms with Crippen molar-refractivity contribution < 1.29 is 4.74 Å². The maximum Gasteiger partial charge on any atom is 0.135 e. The minimum Gasteiger partial charge on any atom is -0.489 e. The summed E-state index contributed by atoms with van der Waals surface area (Å²) in [7, 11) is 0. The second-order valence-corrected chi connectivity index (χ2v) is 4.97. The summed E-state index contributed by atoms with van der Waals surface area (Å²) in [6.45, 7) is 0. The van der Waals surface area contributed by atoms with Gasteiger partial charge < -0.3 is 10.5 Å². The van der Waals surface area contributed by atoms with E-state index in [1.807, 2.05) is 0 Å². The topological polar surface area (TPSA) is 35.2 Å². The number of allylic oxidation sites excluding steroid dienone is 3. The maximum atomic E-state index is 6.12. The van der Waals surface area contributed by atoms with Crippen molar-refractivity contribution in [2.75, 3.05) is 0 Å².